The van der Waals surface area contributed by atoms with Gasteiger partial charge in [-0.2, -0.15) is 5.10 Å². The summed E-state index contributed by atoms with van der Waals surface area (Å²) < 4.78 is 0. The lowest BCUT2D eigenvalue weighted by atomic mass is 9.74. The Morgan fingerprint density at radius 2 is 2.05 bits per heavy atom. The molecule has 0 saturated heterocycles. The lowest BCUT2D eigenvalue weighted by Gasteiger charge is -2.29. The number of ketones is 1. The predicted octanol–water partition coefficient (Wildman–Crippen LogP) is 3.53. The number of hydrogen-bond acceptors (Lipinski definition) is 2. The summed E-state index contributed by atoms with van der Waals surface area (Å²) in [5.74, 6) is 0.425. The third-order valence-corrected chi connectivity index (χ3v) is 4.66. The van der Waals surface area contributed by atoms with Gasteiger partial charge in [-0.05, 0) is 18.4 Å². The van der Waals surface area contributed by atoms with Crippen LogP contribution in [0, 0.1) is 5.92 Å². The van der Waals surface area contributed by atoms with Crippen molar-refractivity contribution in [3.05, 3.63) is 58.9 Å². The fourth-order valence-electron chi connectivity index (χ4n) is 3.14. The molecule has 1 unspecified atom stereocenters. The van der Waals surface area contributed by atoms with Crippen molar-refractivity contribution < 1.29 is 4.79 Å². The summed E-state index contributed by atoms with van der Waals surface area (Å²) in [5.41, 5.74) is 3.96. The van der Waals surface area contributed by atoms with Crippen molar-refractivity contribution in [2.45, 2.75) is 31.6 Å². The summed E-state index contributed by atoms with van der Waals surface area (Å²) in [5, 5.41) is 7.39. The summed E-state index contributed by atoms with van der Waals surface area (Å²) >= 11 is 0. The molecule has 1 heterocycles. The molecule has 2 aromatic rings. The quantitative estimate of drug-likeness (QED) is 0.873. The van der Waals surface area contributed by atoms with Gasteiger partial charge in [0.25, 0.3) is 0 Å². The van der Waals surface area contributed by atoms with Gasteiger partial charge in [-0.15, -0.1) is 0 Å². The van der Waals surface area contributed by atoms with Crippen LogP contribution in [0.15, 0.2) is 36.4 Å². The van der Waals surface area contributed by atoms with E-state index in [2.05, 4.69) is 53.5 Å². The standard InChI is InChI=1S/C18H18N2O/c1-18(13-5-3-2-4-6-13)10-9-14-15(11-18)19-20-16(14)17(21)12-7-8-12/h2-6,9-10,12H,7-8,11H2,1H3,(H,19,20). The van der Waals surface area contributed by atoms with Crippen molar-refractivity contribution in [1.29, 1.82) is 0 Å². The van der Waals surface area contributed by atoms with E-state index in [9.17, 15) is 4.79 Å². The number of carbonyl (C=O) groups excluding carboxylic acids is 1. The Balaban J connectivity index is 1.70. The molecule has 1 aromatic heterocycles. The Bertz CT molecular complexity index is 725. The van der Waals surface area contributed by atoms with E-state index in [0.717, 1.165) is 30.5 Å². The topological polar surface area (TPSA) is 45.8 Å². The number of rotatable bonds is 3. The monoisotopic (exact) mass is 278 g/mol. The normalized spacial score (nSPS) is 23.9. The van der Waals surface area contributed by atoms with Gasteiger partial charge in [0.2, 0.25) is 0 Å². The van der Waals surface area contributed by atoms with E-state index < -0.39 is 0 Å². The van der Waals surface area contributed by atoms with Gasteiger partial charge in [0.1, 0.15) is 5.69 Å². The van der Waals surface area contributed by atoms with Crippen LogP contribution in [-0.2, 0) is 11.8 Å². The van der Waals surface area contributed by atoms with E-state index >= 15 is 0 Å². The van der Waals surface area contributed by atoms with Crippen LogP contribution in [-0.4, -0.2) is 16.0 Å². The number of Topliss-reactive ketones (excluding diaryl/α,β-unsaturated/α-hetero) is 1. The number of carbonyl (C=O) groups is 1. The second-order valence-electron chi connectivity index (χ2n) is 6.40. The third kappa shape index (κ3) is 2.04. The number of nitrogens with one attached hydrogen (secondary N) is 1. The number of allylic oxidation sites excluding steroid dienone is 1. The molecule has 3 nitrogen and oxygen atoms in total. The highest BCUT2D eigenvalue weighted by atomic mass is 16.1. The molecule has 4 rings (SSSR count). The van der Waals surface area contributed by atoms with Gasteiger partial charge in [0.05, 0.1) is 0 Å². The smallest absolute Gasteiger partial charge is 0.186 e. The molecule has 2 aliphatic rings. The zero-order valence-corrected chi connectivity index (χ0v) is 12.1. The number of nitrogens with zero attached hydrogens (tertiary/aromatic N) is 1. The second kappa shape index (κ2) is 4.42. The molecule has 0 radical (unpaired) electrons. The molecular formula is C18H18N2O. The van der Waals surface area contributed by atoms with Gasteiger partial charge in [0, 0.05) is 29.0 Å². The molecule has 0 bridgehead atoms. The van der Waals surface area contributed by atoms with Crippen molar-refractivity contribution in [2.24, 2.45) is 5.92 Å². The van der Waals surface area contributed by atoms with Gasteiger partial charge < -0.3 is 0 Å². The molecule has 0 spiro atoms. The second-order valence-corrected chi connectivity index (χ2v) is 6.40. The number of aromatic amines is 1. The van der Waals surface area contributed by atoms with E-state index in [-0.39, 0.29) is 17.1 Å². The molecule has 1 atom stereocenters. The molecule has 3 heteroatoms. The first-order valence-corrected chi connectivity index (χ1v) is 7.53. The minimum Gasteiger partial charge on any atom is -0.292 e. The number of fused-ring (bicyclic) bond motifs is 1. The van der Waals surface area contributed by atoms with E-state index in [1.165, 1.54) is 5.56 Å². The first-order valence-electron chi connectivity index (χ1n) is 7.53. The molecule has 0 aliphatic heterocycles. The fraction of sp³-hybridized carbons (Fsp3) is 0.333. The van der Waals surface area contributed by atoms with E-state index in [4.69, 9.17) is 0 Å². The molecule has 1 aromatic carbocycles. The molecular weight excluding hydrogens is 260 g/mol. The molecule has 1 N–H and O–H groups in total. The van der Waals surface area contributed by atoms with Crippen LogP contribution < -0.4 is 0 Å². The minimum absolute atomic E-state index is 0.0410. The van der Waals surface area contributed by atoms with Crippen LogP contribution in [0.5, 0.6) is 0 Å². The van der Waals surface area contributed by atoms with Gasteiger partial charge in [-0.25, -0.2) is 0 Å². The van der Waals surface area contributed by atoms with Crippen molar-refractivity contribution in [3.8, 4) is 0 Å². The van der Waals surface area contributed by atoms with Crippen molar-refractivity contribution in [1.82, 2.24) is 10.2 Å². The molecule has 1 fully saturated rings. The Kier molecular flexibility index (Phi) is 2.64. The van der Waals surface area contributed by atoms with E-state index in [0.29, 0.717) is 5.69 Å². The number of aromatic nitrogens is 2. The summed E-state index contributed by atoms with van der Waals surface area (Å²) in [7, 11) is 0. The Labute approximate surface area is 124 Å². The first kappa shape index (κ1) is 12.6. The van der Waals surface area contributed by atoms with Crippen LogP contribution in [0.4, 0.5) is 0 Å². The maximum atomic E-state index is 12.3. The van der Waals surface area contributed by atoms with E-state index in [1.807, 2.05) is 6.07 Å². The minimum atomic E-state index is -0.0410. The highest BCUT2D eigenvalue weighted by Crippen LogP contribution is 2.38. The van der Waals surface area contributed by atoms with Crippen LogP contribution in [0.25, 0.3) is 6.08 Å². The van der Waals surface area contributed by atoms with Gasteiger partial charge in [-0.1, -0.05) is 49.4 Å². The lowest BCUT2D eigenvalue weighted by Crippen LogP contribution is -2.25. The Morgan fingerprint density at radius 1 is 1.29 bits per heavy atom. The summed E-state index contributed by atoms with van der Waals surface area (Å²) in [4.78, 5) is 12.3. The molecule has 0 amide bonds. The average Bonchev–Trinajstić information content (AvgIpc) is 3.28. The van der Waals surface area contributed by atoms with Crippen LogP contribution in [0.2, 0.25) is 0 Å². The predicted molar refractivity (Wildman–Crippen MR) is 82.2 cm³/mol. The van der Waals surface area contributed by atoms with Gasteiger partial charge in [0.15, 0.2) is 5.78 Å². The number of hydrogen-bond donors (Lipinski definition) is 1. The van der Waals surface area contributed by atoms with Gasteiger partial charge >= 0.3 is 0 Å². The van der Waals surface area contributed by atoms with Crippen molar-refractivity contribution >= 4 is 11.9 Å². The SMILES string of the molecule is CC1(c2ccccc2)C=Cc2c(C(=O)C3CC3)n[nH]c2C1. The first-order chi connectivity index (χ1) is 10.2. The Morgan fingerprint density at radius 3 is 2.76 bits per heavy atom. The zero-order valence-electron chi connectivity index (χ0n) is 12.1. The van der Waals surface area contributed by atoms with Crippen molar-refractivity contribution in [2.75, 3.05) is 0 Å². The van der Waals surface area contributed by atoms with Gasteiger partial charge in [-0.3, -0.25) is 9.89 Å². The van der Waals surface area contributed by atoms with Crippen LogP contribution in [0.1, 0.15) is 47.1 Å². The summed E-state index contributed by atoms with van der Waals surface area (Å²) in [6, 6.07) is 10.5. The van der Waals surface area contributed by atoms with Crippen molar-refractivity contribution in [3.63, 3.8) is 0 Å². The molecule has 106 valence electrons. The fourth-order valence-corrected chi connectivity index (χ4v) is 3.14. The molecule has 21 heavy (non-hydrogen) atoms. The highest BCUT2D eigenvalue weighted by molar-refractivity contribution is 6.01. The third-order valence-electron chi connectivity index (χ3n) is 4.66. The number of H-pyrrole nitrogens is 1. The van der Waals surface area contributed by atoms with Crippen LogP contribution >= 0.6 is 0 Å². The summed E-state index contributed by atoms with van der Waals surface area (Å²) in [6.45, 7) is 2.23. The Hall–Kier alpha value is -2.16. The molecule has 1 saturated carbocycles. The van der Waals surface area contributed by atoms with E-state index in [1.54, 1.807) is 0 Å². The molecule has 2 aliphatic carbocycles. The zero-order chi connectivity index (χ0) is 14.4. The maximum absolute atomic E-state index is 12.3. The van der Waals surface area contributed by atoms with Crippen LogP contribution in [0.3, 0.4) is 0 Å². The average molecular weight is 278 g/mol. The largest absolute Gasteiger partial charge is 0.292 e. The number of benzene rings is 1. The summed E-state index contributed by atoms with van der Waals surface area (Å²) in [6.07, 6.45) is 7.18. The maximum Gasteiger partial charge on any atom is 0.186 e. The highest BCUT2D eigenvalue weighted by Gasteiger charge is 2.36. The lowest BCUT2D eigenvalue weighted by molar-refractivity contribution is 0.0962.